The summed E-state index contributed by atoms with van der Waals surface area (Å²) in [5.74, 6) is -0.879. The van der Waals surface area contributed by atoms with Crippen molar-refractivity contribution in [3.05, 3.63) is 53.6 Å². The number of carbonyl (C=O) groups is 3. The lowest BCUT2D eigenvalue weighted by Gasteiger charge is -2.33. The fourth-order valence-corrected chi connectivity index (χ4v) is 3.85. The van der Waals surface area contributed by atoms with E-state index in [4.69, 9.17) is 9.47 Å². The van der Waals surface area contributed by atoms with Gasteiger partial charge < -0.3 is 19.7 Å². The third kappa shape index (κ3) is 4.01. The number of para-hydroxylation sites is 2. The van der Waals surface area contributed by atoms with Gasteiger partial charge in [-0.15, -0.1) is 0 Å². The molecule has 1 N–H and O–H groups in total. The molecule has 2 aliphatic rings. The molecule has 0 radical (unpaired) electrons. The van der Waals surface area contributed by atoms with Gasteiger partial charge in [0, 0.05) is 12.6 Å². The molecule has 0 fully saturated rings. The highest BCUT2D eigenvalue weighted by Gasteiger charge is 2.35. The topological polar surface area (TPSA) is 84.9 Å². The van der Waals surface area contributed by atoms with Crippen molar-refractivity contribution >= 4 is 29.2 Å². The Hall–Kier alpha value is -3.35. The summed E-state index contributed by atoms with van der Waals surface area (Å²) in [6, 6.07) is 12.9. The lowest BCUT2D eigenvalue weighted by Crippen LogP contribution is -2.48. The molecule has 2 aromatic carbocycles. The Morgan fingerprint density at radius 2 is 1.90 bits per heavy atom. The molecule has 0 spiro atoms. The summed E-state index contributed by atoms with van der Waals surface area (Å²) in [7, 11) is 0. The number of aryl methyl sites for hydroxylation is 2. The summed E-state index contributed by atoms with van der Waals surface area (Å²) in [4.78, 5) is 38.6. The largest absolute Gasteiger partial charge is 0.475 e. The summed E-state index contributed by atoms with van der Waals surface area (Å²) in [5, 5.41) is 2.80. The number of nitrogens with zero attached hydrogens (tertiary/aromatic N) is 1. The number of anilines is 2. The van der Waals surface area contributed by atoms with E-state index in [1.54, 1.807) is 24.3 Å². The van der Waals surface area contributed by atoms with Crippen molar-refractivity contribution in [2.75, 3.05) is 16.8 Å². The molecule has 2 aromatic rings. The summed E-state index contributed by atoms with van der Waals surface area (Å²) in [6.07, 6.45) is 1.20. The van der Waals surface area contributed by atoms with E-state index in [0.29, 0.717) is 17.1 Å². The van der Waals surface area contributed by atoms with E-state index in [1.165, 1.54) is 29.9 Å². The van der Waals surface area contributed by atoms with E-state index >= 15 is 0 Å². The molecule has 30 heavy (non-hydrogen) atoms. The third-order valence-electron chi connectivity index (χ3n) is 5.44. The molecular formula is C23H24N2O5. The summed E-state index contributed by atoms with van der Waals surface area (Å²) < 4.78 is 11.1. The molecule has 1 aliphatic carbocycles. The first kappa shape index (κ1) is 19.9. The van der Waals surface area contributed by atoms with E-state index < -0.39 is 24.1 Å². The number of ether oxygens (including phenoxy) is 2. The van der Waals surface area contributed by atoms with E-state index in [-0.39, 0.29) is 12.5 Å². The van der Waals surface area contributed by atoms with E-state index in [9.17, 15) is 14.4 Å². The maximum Gasteiger partial charge on any atom is 0.350 e. The Balaban J connectivity index is 1.39. The smallest absolute Gasteiger partial charge is 0.350 e. The molecule has 7 nitrogen and oxygen atoms in total. The Kier molecular flexibility index (Phi) is 5.44. The van der Waals surface area contributed by atoms with Gasteiger partial charge in [0.05, 0.1) is 12.2 Å². The Morgan fingerprint density at radius 1 is 1.13 bits per heavy atom. The number of amides is 2. The van der Waals surface area contributed by atoms with Crippen LogP contribution in [0.4, 0.5) is 11.4 Å². The first-order valence-electron chi connectivity index (χ1n) is 10.1. The highest BCUT2D eigenvalue weighted by Crippen LogP contribution is 2.33. The van der Waals surface area contributed by atoms with Crippen molar-refractivity contribution in [2.24, 2.45) is 0 Å². The number of rotatable bonds is 4. The molecule has 1 aliphatic heterocycles. The Bertz CT molecular complexity index is 1000. The minimum absolute atomic E-state index is 0.0321. The zero-order valence-corrected chi connectivity index (χ0v) is 17.0. The van der Waals surface area contributed by atoms with Gasteiger partial charge in [-0.2, -0.15) is 0 Å². The fraction of sp³-hybridized carbons (Fsp3) is 0.348. The molecule has 2 amide bonds. The summed E-state index contributed by atoms with van der Waals surface area (Å²) in [5.41, 5.74) is 3.86. The molecule has 156 valence electrons. The molecule has 2 atom stereocenters. The lowest BCUT2D eigenvalue weighted by atomic mass is 10.1. The molecule has 1 heterocycles. The van der Waals surface area contributed by atoms with Crippen LogP contribution >= 0.6 is 0 Å². The standard InChI is InChI=1S/C23H24N2O5/c1-14(22(27)24-18-11-10-16-6-5-7-17(16)12-18)29-23(28)21-13-25(15(2)26)19-8-3-4-9-20(19)30-21/h3-4,8-12,14,21H,5-7,13H2,1-2H3,(H,24,27)/t14-,21-/m1/s1. The van der Waals surface area contributed by atoms with Crippen LogP contribution in [0.25, 0.3) is 0 Å². The summed E-state index contributed by atoms with van der Waals surface area (Å²) >= 11 is 0. The molecule has 0 unspecified atom stereocenters. The van der Waals surface area contributed by atoms with Gasteiger partial charge in [-0.25, -0.2) is 4.79 Å². The van der Waals surface area contributed by atoms with Crippen molar-refractivity contribution in [3.8, 4) is 5.75 Å². The van der Waals surface area contributed by atoms with Gasteiger partial charge >= 0.3 is 5.97 Å². The van der Waals surface area contributed by atoms with Crippen molar-refractivity contribution in [1.82, 2.24) is 0 Å². The van der Waals surface area contributed by atoms with Crippen molar-refractivity contribution < 1.29 is 23.9 Å². The maximum atomic E-state index is 12.6. The molecule has 0 saturated carbocycles. The maximum absolute atomic E-state index is 12.6. The number of hydrogen-bond acceptors (Lipinski definition) is 5. The van der Waals surface area contributed by atoms with Gasteiger partial charge in [-0.1, -0.05) is 18.2 Å². The van der Waals surface area contributed by atoms with Gasteiger partial charge in [0.1, 0.15) is 5.75 Å². The second kappa shape index (κ2) is 8.18. The minimum Gasteiger partial charge on any atom is -0.475 e. The summed E-state index contributed by atoms with van der Waals surface area (Å²) in [6.45, 7) is 2.97. The Labute approximate surface area is 175 Å². The van der Waals surface area contributed by atoms with E-state index in [0.717, 1.165) is 19.3 Å². The minimum atomic E-state index is -1.00. The monoisotopic (exact) mass is 408 g/mol. The van der Waals surface area contributed by atoms with Gasteiger partial charge in [0.25, 0.3) is 5.91 Å². The SMILES string of the molecule is CC(=O)N1C[C@H](C(=O)O[C@H](C)C(=O)Nc2ccc3c(c2)CCC3)Oc2ccccc21. The van der Waals surface area contributed by atoms with Crippen LogP contribution in [-0.2, 0) is 32.0 Å². The third-order valence-corrected chi connectivity index (χ3v) is 5.44. The normalized spacial score (nSPS) is 17.9. The highest BCUT2D eigenvalue weighted by molar-refractivity contribution is 5.97. The number of fused-ring (bicyclic) bond motifs is 2. The first-order valence-corrected chi connectivity index (χ1v) is 10.1. The molecular weight excluding hydrogens is 384 g/mol. The van der Waals surface area contributed by atoms with Gasteiger partial charge in [-0.3, -0.25) is 9.59 Å². The zero-order valence-electron chi connectivity index (χ0n) is 17.0. The molecule has 0 saturated heterocycles. The van der Waals surface area contributed by atoms with Crippen LogP contribution in [0.5, 0.6) is 5.75 Å². The Morgan fingerprint density at radius 3 is 2.70 bits per heavy atom. The number of carbonyl (C=O) groups excluding carboxylic acids is 3. The number of nitrogens with one attached hydrogen (secondary N) is 1. The zero-order chi connectivity index (χ0) is 21.3. The van der Waals surface area contributed by atoms with Crippen molar-refractivity contribution in [1.29, 1.82) is 0 Å². The van der Waals surface area contributed by atoms with Crippen LogP contribution in [0.1, 0.15) is 31.4 Å². The second-order valence-corrected chi connectivity index (χ2v) is 7.61. The van der Waals surface area contributed by atoms with Crippen molar-refractivity contribution in [2.45, 2.75) is 45.3 Å². The van der Waals surface area contributed by atoms with E-state index in [1.807, 2.05) is 18.2 Å². The molecule has 7 heteroatoms. The number of benzene rings is 2. The predicted octanol–water partition coefficient (Wildman–Crippen LogP) is 2.86. The van der Waals surface area contributed by atoms with Gasteiger partial charge in [0.2, 0.25) is 12.0 Å². The van der Waals surface area contributed by atoms with Crippen LogP contribution in [0, 0.1) is 0 Å². The van der Waals surface area contributed by atoms with Crippen molar-refractivity contribution in [3.63, 3.8) is 0 Å². The fourth-order valence-electron chi connectivity index (χ4n) is 3.85. The second-order valence-electron chi connectivity index (χ2n) is 7.61. The van der Waals surface area contributed by atoms with Crippen LogP contribution < -0.4 is 15.0 Å². The van der Waals surface area contributed by atoms with E-state index in [2.05, 4.69) is 5.32 Å². The quantitative estimate of drug-likeness (QED) is 0.787. The first-order chi connectivity index (χ1) is 14.4. The average molecular weight is 408 g/mol. The molecule has 4 rings (SSSR count). The van der Waals surface area contributed by atoms with Crippen LogP contribution in [0.3, 0.4) is 0 Å². The lowest BCUT2D eigenvalue weighted by molar-refractivity contribution is -0.160. The predicted molar refractivity (Wildman–Crippen MR) is 112 cm³/mol. The average Bonchev–Trinajstić information content (AvgIpc) is 3.20. The molecule has 0 bridgehead atoms. The van der Waals surface area contributed by atoms with Gasteiger partial charge in [0.15, 0.2) is 6.10 Å². The molecule has 0 aromatic heterocycles. The van der Waals surface area contributed by atoms with Gasteiger partial charge in [-0.05, 0) is 61.6 Å². The van der Waals surface area contributed by atoms with Crippen LogP contribution in [0.2, 0.25) is 0 Å². The number of hydrogen-bond donors (Lipinski definition) is 1. The van der Waals surface area contributed by atoms with Crippen LogP contribution in [-0.4, -0.2) is 36.5 Å². The van der Waals surface area contributed by atoms with Crippen LogP contribution in [0.15, 0.2) is 42.5 Å². The number of esters is 1. The highest BCUT2D eigenvalue weighted by atomic mass is 16.6.